The third-order valence-corrected chi connectivity index (χ3v) is 4.94. The number of aliphatic hydroxyl groups excluding tert-OH is 3. The van der Waals surface area contributed by atoms with Crippen molar-refractivity contribution >= 4 is 22.8 Å². The summed E-state index contributed by atoms with van der Waals surface area (Å²) in [6.45, 7) is 1.76. The number of aliphatic hydroxyl groups is 3. The summed E-state index contributed by atoms with van der Waals surface area (Å²) in [5.74, 6) is 0.960. The van der Waals surface area contributed by atoms with Crippen LogP contribution in [0, 0.1) is 0 Å². The van der Waals surface area contributed by atoms with E-state index in [1.54, 1.807) is 18.0 Å². The highest BCUT2D eigenvalue weighted by molar-refractivity contribution is 7.99. The molecule has 0 bridgehead atoms. The van der Waals surface area contributed by atoms with Gasteiger partial charge >= 0.3 is 0 Å². The lowest BCUT2D eigenvalue weighted by molar-refractivity contribution is -0.0566. The Labute approximate surface area is 137 Å². The predicted molar refractivity (Wildman–Crippen MR) is 84.0 cm³/mol. The minimum absolute atomic E-state index is 0.374. The molecule has 126 valence electrons. The van der Waals surface area contributed by atoms with Gasteiger partial charge in [-0.15, -0.1) is 11.8 Å². The number of aromatic nitrogens is 4. The Morgan fingerprint density at radius 2 is 2.13 bits per heavy atom. The van der Waals surface area contributed by atoms with Crippen LogP contribution in [-0.2, 0) is 4.74 Å². The van der Waals surface area contributed by atoms with E-state index in [1.165, 1.54) is 11.0 Å². The number of thioether (sulfide) groups is 1. The molecule has 0 saturated carbocycles. The third-order valence-electron chi connectivity index (χ3n) is 3.85. The van der Waals surface area contributed by atoms with Crippen LogP contribution in [-0.4, -0.2) is 65.7 Å². The molecule has 1 aliphatic rings. The third kappa shape index (κ3) is 3.07. The average Bonchev–Trinajstić information content (AvgIpc) is 3.11. The fraction of sp³-hybridized carbons (Fsp3) is 0.643. The quantitative estimate of drug-likeness (QED) is 0.392. The van der Waals surface area contributed by atoms with Gasteiger partial charge in [0.15, 0.2) is 11.9 Å². The van der Waals surface area contributed by atoms with Crippen LogP contribution in [0.4, 0.5) is 0 Å². The number of fused-ring (bicyclic) bond motifs is 1. The van der Waals surface area contributed by atoms with E-state index in [4.69, 9.17) is 4.74 Å². The van der Waals surface area contributed by atoms with Gasteiger partial charge in [-0.2, -0.15) is 5.10 Å². The van der Waals surface area contributed by atoms with Crippen molar-refractivity contribution in [2.75, 3.05) is 12.4 Å². The average molecular weight is 340 g/mol. The summed E-state index contributed by atoms with van der Waals surface area (Å²) in [5.41, 5.74) is 0.536. The Morgan fingerprint density at radius 1 is 1.30 bits per heavy atom. The van der Waals surface area contributed by atoms with Gasteiger partial charge in [-0.3, -0.25) is 0 Å². The second kappa shape index (κ2) is 7.10. The first-order valence-corrected chi connectivity index (χ1v) is 8.59. The fourth-order valence-corrected chi connectivity index (χ4v) is 3.58. The van der Waals surface area contributed by atoms with Gasteiger partial charge < -0.3 is 20.1 Å². The molecule has 2 aromatic heterocycles. The number of hydrogen-bond donors (Lipinski definition) is 3. The van der Waals surface area contributed by atoms with Crippen molar-refractivity contribution in [3.63, 3.8) is 0 Å². The molecule has 1 saturated heterocycles. The molecule has 3 rings (SSSR count). The maximum absolute atomic E-state index is 10.1. The van der Waals surface area contributed by atoms with E-state index in [1.807, 2.05) is 0 Å². The standard InChI is InChI=1S/C14H20N4O4S/c1-2-3-4-23-13-8-5-17-18(12(8)15-7-16-13)14-11(21)10(20)9(6-19)22-14/h5,7,9-11,14,19-21H,2-4,6H2,1H3. The monoisotopic (exact) mass is 340 g/mol. The largest absolute Gasteiger partial charge is 0.394 e. The zero-order valence-electron chi connectivity index (χ0n) is 12.7. The number of ether oxygens (including phenoxy) is 1. The van der Waals surface area contributed by atoms with Gasteiger partial charge in [0.25, 0.3) is 0 Å². The van der Waals surface area contributed by atoms with E-state index in [9.17, 15) is 15.3 Å². The van der Waals surface area contributed by atoms with Crippen LogP contribution in [0.3, 0.4) is 0 Å². The molecule has 2 aromatic rings. The molecule has 0 aliphatic carbocycles. The topological polar surface area (TPSA) is 114 Å². The first-order chi connectivity index (χ1) is 11.2. The summed E-state index contributed by atoms with van der Waals surface area (Å²) in [6, 6.07) is 0. The first-order valence-electron chi connectivity index (χ1n) is 7.60. The molecule has 0 amide bonds. The van der Waals surface area contributed by atoms with Crippen LogP contribution in [0.1, 0.15) is 26.0 Å². The molecule has 23 heavy (non-hydrogen) atoms. The Hall–Kier alpha value is -1.26. The Morgan fingerprint density at radius 3 is 2.83 bits per heavy atom. The normalized spacial score (nSPS) is 27.8. The summed E-state index contributed by atoms with van der Waals surface area (Å²) >= 11 is 1.64. The second-order valence-electron chi connectivity index (χ2n) is 5.44. The van der Waals surface area contributed by atoms with Crippen molar-refractivity contribution in [1.82, 2.24) is 19.7 Å². The maximum Gasteiger partial charge on any atom is 0.181 e. The second-order valence-corrected chi connectivity index (χ2v) is 6.52. The molecular formula is C14H20N4O4S. The van der Waals surface area contributed by atoms with E-state index in [0.29, 0.717) is 5.65 Å². The summed E-state index contributed by atoms with van der Waals surface area (Å²) in [7, 11) is 0. The van der Waals surface area contributed by atoms with Gasteiger partial charge in [0, 0.05) is 0 Å². The molecule has 1 aliphatic heterocycles. The number of unbranched alkanes of at least 4 members (excludes halogenated alkanes) is 1. The highest BCUT2D eigenvalue weighted by Crippen LogP contribution is 2.32. The first kappa shape index (κ1) is 16.6. The number of rotatable bonds is 6. The van der Waals surface area contributed by atoms with Crippen molar-refractivity contribution < 1.29 is 20.1 Å². The molecule has 8 nitrogen and oxygen atoms in total. The van der Waals surface area contributed by atoms with Crippen LogP contribution in [0.15, 0.2) is 17.6 Å². The Bertz CT molecular complexity index is 667. The van der Waals surface area contributed by atoms with Crippen molar-refractivity contribution in [2.24, 2.45) is 0 Å². The molecule has 0 radical (unpaired) electrons. The molecule has 0 spiro atoms. The molecule has 4 unspecified atom stereocenters. The summed E-state index contributed by atoms with van der Waals surface area (Å²) in [4.78, 5) is 8.52. The van der Waals surface area contributed by atoms with Gasteiger partial charge in [0.05, 0.1) is 18.2 Å². The zero-order valence-corrected chi connectivity index (χ0v) is 13.6. The SMILES string of the molecule is CCCCSc1ncnc2c1cnn2C1OC(CO)C(O)C1O. The van der Waals surface area contributed by atoms with E-state index in [-0.39, 0.29) is 6.61 Å². The van der Waals surface area contributed by atoms with Crippen molar-refractivity contribution in [1.29, 1.82) is 0 Å². The summed E-state index contributed by atoms with van der Waals surface area (Å²) in [6.07, 6.45) is 1.24. The van der Waals surface area contributed by atoms with Crippen LogP contribution in [0.5, 0.6) is 0 Å². The van der Waals surface area contributed by atoms with Gasteiger partial charge in [0.2, 0.25) is 0 Å². The van der Waals surface area contributed by atoms with E-state index in [0.717, 1.165) is 29.0 Å². The van der Waals surface area contributed by atoms with Crippen molar-refractivity contribution in [3.05, 3.63) is 12.5 Å². The van der Waals surface area contributed by atoms with Gasteiger partial charge in [-0.05, 0) is 12.2 Å². The van der Waals surface area contributed by atoms with E-state index >= 15 is 0 Å². The number of nitrogens with zero attached hydrogens (tertiary/aromatic N) is 4. The summed E-state index contributed by atoms with van der Waals surface area (Å²) < 4.78 is 6.94. The maximum atomic E-state index is 10.1. The smallest absolute Gasteiger partial charge is 0.181 e. The predicted octanol–water partition coefficient (Wildman–Crippen LogP) is 0.330. The van der Waals surface area contributed by atoms with Crippen LogP contribution in [0.25, 0.3) is 11.0 Å². The lowest BCUT2D eigenvalue weighted by atomic mass is 10.1. The Balaban J connectivity index is 1.90. The van der Waals surface area contributed by atoms with Crippen molar-refractivity contribution in [2.45, 2.75) is 49.3 Å². The molecule has 3 heterocycles. The molecule has 3 N–H and O–H groups in total. The van der Waals surface area contributed by atoms with Gasteiger partial charge in [0.1, 0.15) is 29.7 Å². The highest BCUT2D eigenvalue weighted by Gasteiger charge is 2.44. The zero-order chi connectivity index (χ0) is 16.4. The minimum atomic E-state index is -1.18. The molecular weight excluding hydrogens is 320 g/mol. The summed E-state index contributed by atoms with van der Waals surface area (Å²) in [5, 5.41) is 35.1. The van der Waals surface area contributed by atoms with Crippen LogP contribution < -0.4 is 0 Å². The van der Waals surface area contributed by atoms with Crippen LogP contribution >= 0.6 is 11.8 Å². The molecule has 1 fully saturated rings. The lowest BCUT2D eigenvalue weighted by Crippen LogP contribution is -2.33. The van der Waals surface area contributed by atoms with Crippen molar-refractivity contribution in [3.8, 4) is 0 Å². The highest BCUT2D eigenvalue weighted by atomic mass is 32.2. The van der Waals surface area contributed by atoms with Crippen LogP contribution in [0.2, 0.25) is 0 Å². The molecule has 9 heteroatoms. The molecule has 4 atom stereocenters. The Kier molecular flexibility index (Phi) is 5.12. The minimum Gasteiger partial charge on any atom is -0.394 e. The van der Waals surface area contributed by atoms with Gasteiger partial charge in [-0.25, -0.2) is 14.6 Å². The number of hydrogen-bond acceptors (Lipinski definition) is 8. The fourth-order valence-electron chi connectivity index (χ4n) is 2.54. The van der Waals surface area contributed by atoms with E-state index < -0.39 is 24.5 Å². The van der Waals surface area contributed by atoms with Gasteiger partial charge in [-0.1, -0.05) is 13.3 Å². The lowest BCUT2D eigenvalue weighted by Gasteiger charge is -2.15. The molecule has 0 aromatic carbocycles. The van der Waals surface area contributed by atoms with E-state index in [2.05, 4.69) is 22.0 Å².